The molecule has 0 amide bonds. The monoisotopic (exact) mass is 167 g/mol. The van der Waals surface area contributed by atoms with Crippen LogP contribution in [0.25, 0.3) is 0 Å². The summed E-state index contributed by atoms with van der Waals surface area (Å²) in [5.74, 6) is 0.445. The zero-order valence-corrected chi connectivity index (χ0v) is 6.83. The van der Waals surface area contributed by atoms with Crippen LogP contribution in [0.4, 0.5) is 0 Å². The van der Waals surface area contributed by atoms with Crippen LogP contribution in [0.5, 0.6) is 0 Å². The number of benzene rings is 1. The third kappa shape index (κ3) is 1.98. The molecule has 3 heteroatoms. The number of hydrogen-bond donors (Lipinski definition) is 2. The van der Waals surface area contributed by atoms with Crippen LogP contribution in [0, 0.1) is 0 Å². The molecule has 0 aromatic heterocycles. The molecule has 11 heavy (non-hydrogen) atoms. The summed E-state index contributed by atoms with van der Waals surface area (Å²) in [7, 11) is 0. The molecule has 0 saturated heterocycles. The number of oxime groups is 1. The molecule has 1 rings (SSSR count). The molecule has 0 heterocycles. The Balaban J connectivity index is 2.92. The second-order valence-electron chi connectivity index (χ2n) is 2.07. The zero-order chi connectivity index (χ0) is 8.10. The number of nitrogens with zero attached hydrogens (tertiary/aromatic N) is 1. The topological polar surface area (TPSA) is 32.6 Å². The van der Waals surface area contributed by atoms with E-state index in [0.29, 0.717) is 11.5 Å². The summed E-state index contributed by atoms with van der Waals surface area (Å²) in [4.78, 5) is 0. The highest BCUT2D eigenvalue weighted by molar-refractivity contribution is 7.81. The molecular formula is C8H9NOS. The lowest BCUT2D eigenvalue weighted by Gasteiger charge is -1.98. The van der Waals surface area contributed by atoms with Gasteiger partial charge in [-0.1, -0.05) is 35.5 Å². The van der Waals surface area contributed by atoms with E-state index in [9.17, 15) is 0 Å². The largest absolute Gasteiger partial charge is 0.411 e. The molecule has 0 saturated carbocycles. The van der Waals surface area contributed by atoms with Crippen LogP contribution in [0.1, 0.15) is 5.56 Å². The lowest BCUT2D eigenvalue weighted by molar-refractivity contribution is 0.319. The summed E-state index contributed by atoms with van der Waals surface area (Å²) >= 11 is 4.02. The standard InChI is InChI=1S/C8H9NOS/c10-9-8(6-11)7-4-2-1-3-5-7/h1-5,10-11H,6H2/b9-8+. The van der Waals surface area contributed by atoms with Crippen molar-refractivity contribution in [3.8, 4) is 0 Å². The number of thiol groups is 1. The molecule has 1 aromatic rings. The van der Waals surface area contributed by atoms with Crippen molar-refractivity contribution in [2.45, 2.75) is 0 Å². The van der Waals surface area contributed by atoms with Crippen molar-refractivity contribution in [1.82, 2.24) is 0 Å². The van der Waals surface area contributed by atoms with Gasteiger partial charge in [0.2, 0.25) is 0 Å². The molecule has 0 fully saturated rings. The highest BCUT2D eigenvalue weighted by atomic mass is 32.1. The van der Waals surface area contributed by atoms with E-state index in [2.05, 4.69) is 17.8 Å². The summed E-state index contributed by atoms with van der Waals surface area (Å²) in [6.45, 7) is 0. The van der Waals surface area contributed by atoms with Gasteiger partial charge in [0, 0.05) is 11.3 Å². The quantitative estimate of drug-likeness (QED) is 0.299. The Morgan fingerprint density at radius 3 is 2.45 bits per heavy atom. The Kier molecular flexibility index (Phi) is 2.98. The average molecular weight is 167 g/mol. The van der Waals surface area contributed by atoms with Gasteiger partial charge < -0.3 is 5.21 Å². The Bertz CT molecular complexity index is 246. The van der Waals surface area contributed by atoms with Crippen LogP contribution < -0.4 is 0 Å². The van der Waals surface area contributed by atoms with Gasteiger partial charge in [0.05, 0.1) is 5.71 Å². The van der Waals surface area contributed by atoms with E-state index in [4.69, 9.17) is 5.21 Å². The third-order valence-electron chi connectivity index (χ3n) is 1.38. The molecule has 2 nitrogen and oxygen atoms in total. The summed E-state index contributed by atoms with van der Waals surface area (Å²) < 4.78 is 0. The first-order chi connectivity index (χ1) is 5.38. The van der Waals surface area contributed by atoms with E-state index in [-0.39, 0.29) is 0 Å². The molecule has 0 aliphatic carbocycles. The van der Waals surface area contributed by atoms with Crippen molar-refractivity contribution in [3.63, 3.8) is 0 Å². The first-order valence-electron chi connectivity index (χ1n) is 3.25. The Morgan fingerprint density at radius 2 is 2.00 bits per heavy atom. The molecule has 0 spiro atoms. The fraction of sp³-hybridized carbons (Fsp3) is 0.125. The van der Waals surface area contributed by atoms with Gasteiger partial charge in [-0.2, -0.15) is 12.6 Å². The average Bonchev–Trinajstić information content (AvgIpc) is 2.09. The highest BCUT2D eigenvalue weighted by Gasteiger charge is 1.98. The summed E-state index contributed by atoms with van der Waals surface area (Å²) in [5, 5.41) is 11.6. The minimum absolute atomic E-state index is 0.445. The second kappa shape index (κ2) is 4.03. The van der Waals surface area contributed by atoms with Crippen molar-refractivity contribution in [3.05, 3.63) is 35.9 Å². The number of rotatable bonds is 2. The van der Waals surface area contributed by atoms with Crippen molar-refractivity contribution in [2.75, 3.05) is 5.75 Å². The predicted octanol–water partition coefficient (Wildman–Crippen LogP) is 1.79. The maximum absolute atomic E-state index is 8.52. The van der Waals surface area contributed by atoms with E-state index in [1.165, 1.54) is 0 Å². The minimum Gasteiger partial charge on any atom is -0.411 e. The van der Waals surface area contributed by atoms with Crippen LogP contribution in [0.2, 0.25) is 0 Å². The van der Waals surface area contributed by atoms with Gasteiger partial charge in [-0.05, 0) is 0 Å². The van der Waals surface area contributed by atoms with Gasteiger partial charge in [-0.3, -0.25) is 0 Å². The molecular weight excluding hydrogens is 158 g/mol. The Morgan fingerprint density at radius 1 is 1.36 bits per heavy atom. The number of hydrogen-bond acceptors (Lipinski definition) is 3. The molecule has 1 N–H and O–H groups in total. The van der Waals surface area contributed by atoms with Crippen LogP contribution >= 0.6 is 12.6 Å². The fourth-order valence-corrected chi connectivity index (χ4v) is 1.06. The normalized spacial score (nSPS) is 11.5. The zero-order valence-electron chi connectivity index (χ0n) is 5.94. The van der Waals surface area contributed by atoms with E-state index >= 15 is 0 Å². The van der Waals surface area contributed by atoms with Crippen LogP contribution in [-0.2, 0) is 0 Å². The van der Waals surface area contributed by atoms with Crippen molar-refractivity contribution in [2.24, 2.45) is 5.16 Å². The Labute approximate surface area is 71.0 Å². The molecule has 0 atom stereocenters. The van der Waals surface area contributed by atoms with Crippen LogP contribution in [0.3, 0.4) is 0 Å². The van der Waals surface area contributed by atoms with E-state index in [1.807, 2.05) is 30.3 Å². The Hall–Kier alpha value is -0.960. The smallest absolute Gasteiger partial charge is 0.0963 e. The van der Waals surface area contributed by atoms with Gasteiger partial charge in [0.25, 0.3) is 0 Å². The predicted molar refractivity (Wildman–Crippen MR) is 48.6 cm³/mol. The van der Waals surface area contributed by atoms with Gasteiger partial charge in [0.1, 0.15) is 0 Å². The summed E-state index contributed by atoms with van der Waals surface area (Å²) in [5.41, 5.74) is 1.50. The molecule has 0 radical (unpaired) electrons. The first kappa shape index (κ1) is 8.14. The molecule has 0 bridgehead atoms. The van der Waals surface area contributed by atoms with E-state index < -0.39 is 0 Å². The van der Waals surface area contributed by atoms with Crippen molar-refractivity contribution in [1.29, 1.82) is 0 Å². The minimum atomic E-state index is 0.445. The third-order valence-corrected chi connectivity index (χ3v) is 1.68. The molecule has 0 aliphatic heterocycles. The SMILES string of the molecule is O/N=C(\CS)c1ccccc1. The summed E-state index contributed by atoms with van der Waals surface area (Å²) in [6.07, 6.45) is 0. The van der Waals surface area contributed by atoms with Gasteiger partial charge in [0.15, 0.2) is 0 Å². The molecule has 1 aromatic carbocycles. The van der Waals surface area contributed by atoms with Crippen molar-refractivity contribution >= 4 is 18.3 Å². The van der Waals surface area contributed by atoms with E-state index in [0.717, 1.165) is 5.56 Å². The lowest BCUT2D eigenvalue weighted by atomic mass is 10.1. The lowest BCUT2D eigenvalue weighted by Crippen LogP contribution is -2.01. The van der Waals surface area contributed by atoms with Crippen LogP contribution in [-0.4, -0.2) is 16.7 Å². The molecule has 0 aliphatic rings. The molecule has 0 unspecified atom stereocenters. The van der Waals surface area contributed by atoms with Gasteiger partial charge in [-0.15, -0.1) is 0 Å². The maximum atomic E-state index is 8.52. The fourth-order valence-electron chi connectivity index (χ4n) is 0.811. The maximum Gasteiger partial charge on any atom is 0.0963 e. The second-order valence-corrected chi connectivity index (χ2v) is 2.39. The van der Waals surface area contributed by atoms with Gasteiger partial charge >= 0.3 is 0 Å². The molecule has 58 valence electrons. The summed E-state index contributed by atoms with van der Waals surface area (Å²) in [6, 6.07) is 9.46. The van der Waals surface area contributed by atoms with Gasteiger partial charge in [-0.25, -0.2) is 0 Å². The first-order valence-corrected chi connectivity index (χ1v) is 3.89. The highest BCUT2D eigenvalue weighted by Crippen LogP contribution is 2.01. The van der Waals surface area contributed by atoms with Crippen LogP contribution in [0.15, 0.2) is 35.5 Å². The van der Waals surface area contributed by atoms with E-state index in [1.54, 1.807) is 0 Å². The van der Waals surface area contributed by atoms with Crippen molar-refractivity contribution < 1.29 is 5.21 Å².